The number of rotatable bonds is 8. The van der Waals surface area contributed by atoms with Crippen molar-refractivity contribution >= 4 is 10.8 Å². The number of benzene rings is 9. The molecule has 58 heavy (non-hydrogen) atoms. The van der Waals surface area contributed by atoms with Crippen LogP contribution in [0.3, 0.4) is 0 Å². The van der Waals surface area contributed by atoms with E-state index in [2.05, 4.69) is 194 Å². The van der Waals surface area contributed by atoms with E-state index in [1.807, 2.05) is 30.3 Å². The molecule has 272 valence electrons. The molecule has 0 aliphatic heterocycles. The lowest BCUT2D eigenvalue weighted by Crippen LogP contribution is -2.00. The first-order chi connectivity index (χ1) is 28.8. The zero-order valence-corrected chi connectivity index (χ0v) is 31.7. The van der Waals surface area contributed by atoms with Gasteiger partial charge in [-0.2, -0.15) is 0 Å². The molecule has 10 rings (SSSR count). The fraction of sp³-hybridized carbons (Fsp3) is 0. The van der Waals surface area contributed by atoms with E-state index in [4.69, 9.17) is 15.0 Å². The molecule has 0 fully saturated rings. The van der Waals surface area contributed by atoms with Crippen LogP contribution in [-0.2, 0) is 0 Å². The minimum absolute atomic E-state index is 0.626. The molecule has 1 aromatic heterocycles. The average molecular weight is 740 g/mol. The SMILES string of the molecule is c1ccc(-c2nc(-c3ccc(-c4cc(-c5ccccc5)c(-c5ccccc5)c(-c5ccccc5)c4-c4ccccc4)cc3)nc(-c3ccc4ccccc4c3)n2)cc1. The third-order valence-electron chi connectivity index (χ3n) is 10.7. The zero-order chi connectivity index (χ0) is 38.7. The van der Waals surface area contributed by atoms with Crippen LogP contribution in [0.1, 0.15) is 0 Å². The van der Waals surface area contributed by atoms with Crippen LogP contribution in [0.5, 0.6) is 0 Å². The van der Waals surface area contributed by atoms with E-state index < -0.39 is 0 Å². The second-order valence-corrected chi connectivity index (χ2v) is 14.4. The Labute approximate surface area is 338 Å². The number of hydrogen-bond donors (Lipinski definition) is 0. The van der Waals surface area contributed by atoms with Gasteiger partial charge in [0, 0.05) is 16.7 Å². The van der Waals surface area contributed by atoms with E-state index in [0.29, 0.717) is 17.5 Å². The van der Waals surface area contributed by atoms with Crippen LogP contribution < -0.4 is 0 Å². The van der Waals surface area contributed by atoms with Crippen molar-refractivity contribution in [1.82, 2.24) is 15.0 Å². The summed E-state index contributed by atoms with van der Waals surface area (Å²) in [7, 11) is 0. The zero-order valence-electron chi connectivity index (χ0n) is 31.7. The molecular weight excluding hydrogens is 703 g/mol. The van der Waals surface area contributed by atoms with Crippen molar-refractivity contribution in [3.8, 4) is 89.8 Å². The quantitative estimate of drug-likeness (QED) is 0.156. The van der Waals surface area contributed by atoms with Crippen molar-refractivity contribution in [2.24, 2.45) is 0 Å². The molecule has 0 aliphatic rings. The summed E-state index contributed by atoms with van der Waals surface area (Å²) in [6, 6.07) is 79.1. The molecule has 9 aromatic carbocycles. The maximum Gasteiger partial charge on any atom is 0.164 e. The van der Waals surface area contributed by atoms with Gasteiger partial charge in [-0.25, -0.2) is 15.0 Å². The number of aromatic nitrogens is 3. The van der Waals surface area contributed by atoms with Crippen LogP contribution in [0.15, 0.2) is 224 Å². The van der Waals surface area contributed by atoms with Gasteiger partial charge in [-0.1, -0.05) is 212 Å². The molecule has 3 heteroatoms. The van der Waals surface area contributed by atoms with E-state index in [9.17, 15) is 0 Å². The van der Waals surface area contributed by atoms with Crippen molar-refractivity contribution in [3.63, 3.8) is 0 Å². The van der Waals surface area contributed by atoms with Crippen LogP contribution in [0, 0.1) is 0 Å². The van der Waals surface area contributed by atoms with E-state index in [-0.39, 0.29) is 0 Å². The summed E-state index contributed by atoms with van der Waals surface area (Å²) in [5.74, 6) is 1.91. The molecular formula is C55H37N3. The third kappa shape index (κ3) is 6.76. The first-order valence-corrected chi connectivity index (χ1v) is 19.6. The summed E-state index contributed by atoms with van der Waals surface area (Å²) in [6.45, 7) is 0. The third-order valence-corrected chi connectivity index (χ3v) is 10.7. The molecule has 1 heterocycles. The van der Waals surface area contributed by atoms with Gasteiger partial charge in [0.15, 0.2) is 17.5 Å². The van der Waals surface area contributed by atoms with Crippen LogP contribution >= 0.6 is 0 Å². The fourth-order valence-corrected chi connectivity index (χ4v) is 7.94. The van der Waals surface area contributed by atoms with Gasteiger partial charge in [0.1, 0.15) is 0 Å². The van der Waals surface area contributed by atoms with E-state index in [1.165, 1.54) is 33.2 Å². The first-order valence-electron chi connectivity index (χ1n) is 19.6. The molecule has 0 bridgehead atoms. The highest BCUT2D eigenvalue weighted by molar-refractivity contribution is 6.07. The van der Waals surface area contributed by atoms with Gasteiger partial charge in [0.25, 0.3) is 0 Å². The number of hydrogen-bond acceptors (Lipinski definition) is 3. The molecule has 0 spiro atoms. The second kappa shape index (κ2) is 15.4. The highest BCUT2D eigenvalue weighted by Gasteiger charge is 2.24. The fourth-order valence-electron chi connectivity index (χ4n) is 7.94. The van der Waals surface area contributed by atoms with Crippen LogP contribution in [-0.4, -0.2) is 15.0 Å². The Morgan fingerprint density at radius 1 is 0.207 bits per heavy atom. The van der Waals surface area contributed by atoms with Crippen molar-refractivity contribution in [2.75, 3.05) is 0 Å². The molecule has 10 aromatic rings. The Hall–Kier alpha value is -7.75. The number of nitrogens with zero attached hydrogens (tertiary/aromatic N) is 3. The Kier molecular flexibility index (Phi) is 9.23. The molecule has 0 radical (unpaired) electrons. The standard InChI is InChI=1S/C55H37N3/c1-6-19-39(20-7-1)48-37-49(51(42-23-10-3-11-24-42)52(43-25-12-4-13-26-43)50(48)41-21-8-2-9-22-41)40-31-33-45(34-32-40)54-56-53(44-27-14-5-15-28-44)57-55(58-54)47-35-30-38-18-16-17-29-46(38)36-47/h1-37H. The molecule has 0 atom stereocenters. The molecule has 3 nitrogen and oxygen atoms in total. The van der Waals surface area contributed by atoms with Crippen LogP contribution in [0.4, 0.5) is 0 Å². The van der Waals surface area contributed by atoms with Gasteiger partial charge in [-0.3, -0.25) is 0 Å². The monoisotopic (exact) mass is 739 g/mol. The highest BCUT2D eigenvalue weighted by Crippen LogP contribution is 2.50. The number of fused-ring (bicyclic) bond motifs is 1. The van der Waals surface area contributed by atoms with Crippen molar-refractivity contribution in [2.45, 2.75) is 0 Å². The second-order valence-electron chi connectivity index (χ2n) is 14.4. The molecule has 0 saturated heterocycles. The van der Waals surface area contributed by atoms with Crippen molar-refractivity contribution in [3.05, 3.63) is 224 Å². The smallest absolute Gasteiger partial charge is 0.164 e. The molecule has 0 saturated carbocycles. The minimum atomic E-state index is 0.626. The largest absolute Gasteiger partial charge is 0.208 e. The Morgan fingerprint density at radius 2 is 0.534 bits per heavy atom. The van der Waals surface area contributed by atoms with Crippen molar-refractivity contribution < 1.29 is 0 Å². The topological polar surface area (TPSA) is 38.7 Å². The predicted octanol–water partition coefficient (Wildman–Crippen LogP) is 14.4. The molecule has 0 aliphatic carbocycles. The van der Waals surface area contributed by atoms with Gasteiger partial charge in [-0.05, 0) is 78.5 Å². The molecule has 0 N–H and O–H groups in total. The summed E-state index contributed by atoms with van der Waals surface area (Å²) < 4.78 is 0. The minimum Gasteiger partial charge on any atom is -0.208 e. The van der Waals surface area contributed by atoms with Crippen molar-refractivity contribution in [1.29, 1.82) is 0 Å². The predicted molar refractivity (Wildman–Crippen MR) is 241 cm³/mol. The molecule has 0 amide bonds. The lowest BCUT2D eigenvalue weighted by molar-refractivity contribution is 1.07. The maximum absolute atomic E-state index is 5.10. The maximum atomic E-state index is 5.10. The van der Waals surface area contributed by atoms with Crippen LogP contribution in [0.2, 0.25) is 0 Å². The molecule has 0 unspecified atom stereocenters. The average Bonchev–Trinajstić information content (AvgIpc) is 3.32. The van der Waals surface area contributed by atoms with Crippen LogP contribution in [0.25, 0.3) is 101 Å². The normalized spacial score (nSPS) is 11.1. The summed E-state index contributed by atoms with van der Waals surface area (Å²) in [6.07, 6.45) is 0. The lowest BCUT2D eigenvalue weighted by Gasteiger charge is -2.24. The summed E-state index contributed by atoms with van der Waals surface area (Å²) in [4.78, 5) is 15.2. The van der Waals surface area contributed by atoms with Gasteiger partial charge < -0.3 is 0 Å². The van der Waals surface area contributed by atoms with E-state index >= 15 is 0 Å². The summed E-state index contributed by atoms with van der Waals surface area (Å²) in [5, 5.41) is 2.32. The van der Waals surface area contributed by atoms with E-state index in [0.717, 1.165) is 49.9 Å². The Morgan fingerprint density at radius 3 is 1.03 bits per heavy atom. The highest BCUT2D eigenvalue weighted by atomic mass is 15.0. The van der Waals surface area contributed by atoms with Gasteiger partial charge in [0.2, 0.25) is 0 Å². The van der Waals surface area contributed by atoms with Gasteiger partial charge in [-0.15, -0.1) is 0 Å². The van der Waals surface area contributed by atoms with Gasteiger partial charge >= 0.3 is 0 Å². The van der Waals surface area contributed by atoms with E-state index in [1.54, 1.807) is 0 Å². The Bertz CT molecular complexity index is 3000. The summed E-state index contributed by atoms with van der Waals surface area (Å²) in [5.41, 5.74) is 14.5. The van der Waals surface area contributed by atoms with Gasteiger partial charge in [0.05, 0.1) is 0 Å². The summed E-state index contributed by atoms with van der Waals surface area (Å²) >= 11 is 0. The lowest BCUT2D eigenvalue weighted by atomic mass is 9.79. The first kappa shape index (κ1) is 34.7. The Balaban J connectivity index is 1.19.